The fraction of sp³-hybridized carbons (Fsp3) is 0.381. The topological polar surface area (TPSA) is 65.9 Å². The summed E-state index contributed by atoms with van der Waals surface area (Å²) < 4.78 is 5.76. The first-order valence-corrected chi connectivity index (χ1v) is 9.58. The molecule has 2 aromatic carbocycles. The van der Waals surface area contributed by atoms with E-state index >= 15 is 0 Å². The molecule has 0 spiro atoms. The lowest BCUT2D eigenvalue weighted by Gasteiger charge is -2.18. The van der Waals surface area contributed by atoms with Gasteiger partial charge in [0.05, 0.1) is 25.4 Å². The molecule has 5 nitrogen and oxygen atoms in total. The fourth-order valence-corrected chi connectivity index (χ4v) is 2.68. The van der Waals surface area contributed by atoms with Gasteiger partial charge in [0.1, 0.15) is 0 Å². The maximum atomic E-state index is 10.2. The summed E-state index contributed by atoms with van der Waals surface area (Å²) in [6, 6.07) is 17.6. The van der Waals surface area contributed by atoms with E-state index < -0.39 is 6.10 Å². The van der Waals surface area contributed by atoms with Crippen molar-refractivity contribution in [3.05, 3.63) is 70.7 Å². The Bertz CT molecular complexity index is 716. The van der Waals surface area contributed by atoms with E-state index in [9.17, 15) is 5.11 Å². The summed E-state index contributed by atoms with van der Waals surface area (Å²) in [6.07, 6.45) is -0.705. The van der Waals surface area contributed by atoms with E-state index in [4.69, 9.17) is 16.3 Å². The number of aliphatic hydroxyl groups is 1. The summed E-state index contributed by atoms with van der Waals surface area (Å²) in [5.41, 5.74) is 2.05. The van der Waals surface area contributed by atoms with Gasteiger partial charge in [-0.1, -0.05) is 60.1 Å². The summed E-state index contributed by atoms with van der Waals surface area (Å²) >= 11 is 6.17. The third kappa shape index (κ3) is 8.77. The Kier molecular flexibility index (Phi) is 12.1. The predicted octanol–water partition coefficient (Wildman–Crippen LogP) is 4.15. The van der Waals surface area contributed by atoms with E-state index in [0.29, 0.717) is 24.1 Å². The van der Waals surface area contributed by atoms with Crippen LogP contribution >= 0.6 is 35.6 Å². The van der Waals surface area contributed by atoms with Gasteiger partial charge in [-0.25, -0.2) is 4.99 Å². The molecule has 0 aliphatic heterocycles. The van der Waals surface area contributed by atoms with E-state index in [2.05, 4.69) is 15.6 Å². The molecule has 3 N–H and O–H groups in total. The highest BCUT2D eigenvalue weighted by molar-refractivity contribution is 14.0. The van der Waals surface area contributed by atoms with Crippen molar-refractivity contribution in [2.45, 2.75) is 32.6 Å². The van der Waals surface area contributed by atoms with E-state index in [-0.39, 0.29) is 36.7 Å². The predicted molar refractivity (Wildman–Crippen MR) is 127 cm³/mol. The normalized spacial score (nSPS) is 13.4. The summed E-state index contributed by atoms with van der Waals surface area (Å²) in [4.78, 5) is 4.52. The number of guanidine groups is 1. The van der Waals surface area contributed by atoms with E-state index in [1.165, 1.54) is 0 Å². The van der Waals surface area contributed by atoms with Crippen LogP contribution in [0.4, 0.5) is 0 Å². The lowest BCUT2D eigenvalue weighted by Crippen LogP contribution is -2.42. The molecule has 0 aliphatic carbocycles. The third-order valence-corrected chi connectivity index (χ3v) is 4.39. The van der Waals surface area contributed by atoms with Crippen LogP contribution in [-0.4, -0.2) is 36.9 Å². The van der Waals surface area contributed by atoms with Gasteiger partial charge in [0.2, 0.25) is 0 Å². The lowest BCUT2D eigenvalue weighted by atomic mass is 10.1. The maximum Gasteiger partial charge on any atom is 0.191 e. The average molecular weight is 518 g/mol. The largest absolute Gasteiger partial charge is 0.389 e. The molecule has 2 atom stereocenters. The second-order valence-corrected chi connectivity index (χ2v) is 6.61. The quantitative estimate of drug-likeness (QED) is 0.266. The van der Waals surface area contributed by atoms with Crippen molar-refractivity contribution >= 4 is 41.5 Å². The van der Waals surface area contributed by atoms with Crippen LogP contribution in [0.2, 0.25) is 5.02 Å². The molecule has 0 fully saturated rings. The number of rotatable bonds is 9. The zero-order valence-electron chi connectivity index (χ0n) is 16.3. The van der Waals surface area contributed by atoms with Crippen LogP contribution in [0.1, 0.15) is 31.1 Å². The van der Waals surface area contributed by atoms with Gasteiger partial charge < -0.3 is 20.5 Å². The molecular formula is C21H29ClIN3O2. The Labute approximate surface area is 189 Å². The fourth-order valence-electron chi connectivity index (χ4n) is 2.48. The second kappa shape index (κ2) is 13.8. The van der Waals surface area contributed by atoms with Crippen molar-refractivity contribution in [3.63, 3.8) is 0 Å². The molecule has 0 aliphatic rings. The first kappa shape index (κ1) is 24.7. The van der Waals surface area contributed by atoms with Crippen molar-refractivity contribution in [2.75, 3.05) is 19.7 Å². The third-order valence-electron chi connectivity index (χ3n) is 4.02. The van der Waals surface area contributed by atoms with Crippen LogP contribution in [0.15, 0.2) is 59.6 Å². The van der Waals surface area contributed by atoms with Gasteiger partial charge in [0.15, 0.2) is 5.96 Å². The van der Waals surface area contributed by atoms with Gasteiger partial charge in [-0.15, -0.1) is 24.0 Å². The highest BCUT2D eigenvalue weighted by Gasteiger charge is 2.10. The summed E-state index contributed by atoms with van der Waals surface area (Å²) in [6.45, 7) is 5.75. The first-order valence-electron chi connectivity index (χ1n) is 9.20. The molecule has 28 heavy (non-hydrogen) atoms. The molecule has 154 valence electrons. The number of hydrogen-bond acceptors (Lipinski definition) is 3. The molecule has 0 radical (unpaired) electrons. The number of nitrogens with zero attached hydrogens (tertiary/aromatic N) is 1. The summed E-state index contributed by atoms with van der Waals surface area (Å²) in [7, 11) is 0. The smallest absolute Gasteiger partial charge is 0.191 e. The van der Waals surface area contributed by atoms with Gasteiger partial charge in [0.25, 0.3) is 0 Å². The molecular weight excluding hydrogens is 489 g/mol. The number of halogens is 2. The van der Waals surface area contributed by atoms with Crippen molar-refractivity contribution in [1.82, 2.24) is 10.6 Å². The number of benzene rings is 2. The molecule has 2 rings (SSSR count). The van der Waals surface area contributed by atoms with Crippen LogP contribution in [-0.2, 0) is 11.3 Å². The highest BCUT2D eigenvalue weighted by atomic mass is 127. The minimum absolute atomic E-state index is 0. The Hall–Kier alpha value is -1.35. The second-order valence-electron chi connectivity index (χ2n) is 6.21. The van der Waals surface area contributed by atoms with Crippen LogP contribution in [0.25, 0.3) is 0 Å². The van der Waals surface area contributed by atoms with Crippen molar-refractivity contribution in [1.29, 1.82) is 0 Å². The lowest BCUT2D eigenvalue weighted by molar-refractivity contribution is -0.000599. The van der Waals surface area contributed by atoms with Crippen molar-refractivity contribution in [2.24, 2.45) is 4.99 Å². The Balaban J connectivity index is 0.00000392. The molecule has 2 aromatic rings. The van der Waals surface area contributed by atoms with E-state index in [0.717, 1.165) is 17.7 Å². The number of aliphatic imine (C=N–C) groups is 1. The Morgan fingerprint density at radius 1 is 1.11 bits per heavy atom. The highest BCUT2D eigenvalue weighted by Crippen LogP contribution is 2.16. The van der Waals surface area contributed by atoms with Gasteiger partial charge in [-0.3, -0.25) is 0 Å². The molecule has 0 aromatic heterocycles. The number of aliphatic hydroxyl groups excluding tert-OH is 1. The van der Waals surface area contributed by atoms with Gasteiger partial charge in [0, 0.05) is 18.1 Å². The van der Waals surface area contributed by atoms with Gasteiger partial charge >= 0.3 is 0 Å². The molecule has 0 heterocycles. The Morgan fingerprint density at radius 2 is 1.79 bits per heavy atom. The van der Waals surface area contributed by atoms with Crippen LogP contribution in [0, 0.1) is 0 Å². The number of ether oxygens (including phenoxy) is 1. The standard InChI is InChI=1S/C21H28ClN3O2.HI/c1-3-23-21(24-13-18-11-7-8-12-20(18)22)25-14-19(26)15-27-16(2)17-9-5-4-6-10-17;/h4-12,16,19,26H,3,13-15H2,1-2H3,(H2,23,24,25);1H. The van der Waals surface area contributed by atoms with Gasteiger partial charge in [-0.05, 0) is 31.0 Å². The number of nitrogens with one attached hydrogen (secondary N) is 2. The molecule has 7 heteroatoms. The average Bonchev–Trinajstić information content (AvgIpc) is 2.70. The molecule has 0 saturated carbocycles. The maximum absolute atomic E-state index is 10.2. The van der Waals surface area contributed by atoms with Crippen molar-refractivity contribution in [3.8, 4) is 0 Å². The molecule has 2 unspecified atom stereocenters. The zero-order chi connectivity index (χ0) is 19.5. The van der Waals surface area contributed by atoms with Crippen LogP contribution < -0.4 is 10.6 Å². The monoisotopic (exact) mass is 517 g/mol. The zero-order valence-corrected chi connectivity index (χ0v) is 19.4. The molecule has 0 saturated heterocycles. The summed E-state index contributed by atoms with van der Waals surface area (Å²) in [5.74, 6) is 0.632. The summed E-state index contributed by atoms with van der Waals surface area (Å²) in [5, 5.41) is 17.2. The van der Waals surface area contributed by atoms with E-state index in [1.807, 2.05) is 68.4 Å². The molecule has 0 bridgehead atoms. The SMILES string of the molecule is CCNC(=NCc1ccccc1Cl)NCC(O)COC(C)c1ccccc1.I. The van der Waals surface area contributed by atoms with Crippen molar-refractivity contribution < 1.29 is 9.84 Å². The molecule has 0 amide bonds. The van der Waals surface area contributed by atoms with Crippen LogP contribution in [0.3, 0.4) is 0 Å². The minimum Gasteiger partial charge on any atom is -0.389 e. The van der Waals surface area contributed by atoms with E-state index in [1.54, 1.807) is 0 Å². The Morgan fingerprint density at radius 3 is 2.46 bits per heavy atom. The van der Waals surface area contributed by atoms with Gasteiger partial charge in [-0.2, -0.15) is 0 Å². The minimum atomic E-state index is -0.639. The first-order chi connectivity index (χ1) is 13.1. The number of hydrogen-bond donors (Lipinski definition) is 3. The van der Waals surface area contributed by atoms with Crippen LogP contribution in [0.5, 0.6) is 0 Å².